The van der Waals surface area contributed by atoms with E-state index in [0.717, 1.165) is 12.1 Å². The first-order valence-electron chi connectivity index (χ1n) is 8.81. The van der Waals surface area contributed by atoms with Gasteiger partial charge < -0.3 is 9.88 Å². The van der Waals surface area contributed by atoms with E-state index in [0.29, 0.717) is 13.0 Å². The van der Waals surface area contributed by atoms with Crippen LogP contribution >= 0.6 is 0 Å². The maximum Gasteiger partial charge on any atom is 0.250 e. The van der Waals surface area contributed by atoms with Crippen LogP contribution in [0.1, 0.15) is 44.9 Å². The van der Waals surface area contributed by atoms with Gasteiger partial charge in [0, 0.05) is 30.8 Å². The van der Waals surface area contributed by atoms with Crippen molar-refractivity contribution in [3.05, 3.63) is 70.1 Å². The summed E-state index contributed by atoms with van der Waals surface area (Å²) in [6, 6.07) is 15.6. The molecule has 0 fully saturated rings. The van der Waals surface area contributed by atoms with E-state index in [1.807, 2.05) is 38.1 Å². The second kappa shape index (κ2) is 8.15. The second-order valence-corrected chi connectivity index (χ2v) is 7.33. The number of pyridine rings is 1. The van der Waals surface area contributed by atoms with Crippen molar-refractivity contribution in [1.29, 1.82) is 0 Å². The number of amides is 1. The van der Waals surface area contributed by atoms with E-state index >= 15 is 0 Å². The highest BCUT2D eigenvalue weighted by Crippen LogP contribution is 2.28. The molecule has 1 amide bonds. The van der Waals surface area contributed by atoms with Crippen molar-refractivity contribution in [2.24, 2.45) is 0 Å². The third-order valence-electron chi connectivity index (χ3n) is 4.61. The quantitative estimate of drug-likeness (QED) is 0.839. The highest BCUT2D eigenvalue weighted by atomic mass is 16.2. The normalized spacial score (nSPS) is 12.6. The summed E-state index contributed by atoms with van der Waals surface area (Å²) in [4.78, 5) is 24.1. The van der Waals surface area contributed by atoms with Crippen molar-refractivity contribution < 1.29 is 4.79 Å². The topological polar surface area (TPSA) is 51.1 Å². The van der Waals surface area contributed by atoms with Gasteiger partial charge in [-0.15, -0.1) is 0 Å². The van der Waals surface area contributed by atoms with Crippen LogP contribution in [-0.4, -0.2) is 16.5 Å². The van der Waals surface area contributed by atoms with E-state index < -0.39 is 0 Å². The zero-order valence-electron chi connectivity index (χ0n) is 15.6. The van der Waals surface area contributed by atoms with E-state index in [2.05, 4.69) is 31.3 Å². The van der Waals surface area contributed by atoms with Crippen LogP contribution in [0.15, 0.2) is 53.3 Å². The second-order valence-electron chi connectivity index (χ2n) is 7.33. The summed E-state index contributed by atoms with van der Waals surface area (Å²) in [7, 11) is 0. The van der Waals surface area contributed by atoms with Gasteiger partial charge in [0.05, 0.1) is 0 Å². The third-order valence-corrected chi connectivity index (χ3v) is 4.61. The summed E-state index contributed by atoms with van der Waals surface area (Å²) in [6.07, 6.45) is 1.16. The first-order valence-corrected chi connectivity index (χ1v) is 8.81. The highest BCUT2D eigenvalue weighted by Gasteiger charge is 2.23. The predicted molar refractivity (Wildman–Crippen MR) is 102 cm³/mol. The lowest BCUT2D eigenvalue weighted by atomic mass is 9.79. The molecule has 0 aliphatic heterocycles. The lowest BCUT2D eigenvalue weighted by Gasteiger charge is -2.29. The Morgan fingerprint density at radius 3 is 2.44 bits per heavy atom. The monoisotopic (exact) mass is 340 g/mol. The number of hydrogen-bond donors (Lipinski definition) is 1. The molecule has 1 aromatic heterocycles. The van der Waals surface area contributed by atoms with Crippen LogP contribution in [-0.2, 0) is 16.8 Å². The summed E-state index contributed by atoms with van der Waals surface area (Å²) in [5, 5.41) is 3.06. The molecule has 4 heteroatoms. The summed E-state index contributed by atoms with van der Waals surface area (Å²) >= 11 is 0. The highest BCUT2D eigenvalue weighted by molar-refractivity contribution is 5.76. The largest absolute Gasteiger partial charge is 0.354 e. The smallest absolute Gasteiger partial charge is 0.250 e. The molecule has 25 heavy (non-hydrogen) atoms. The van der Waals surface area contributed by atoms with Crippen molar-refractivity contribution in [2.45, 2.75) is 58.5 Å². The molecule has 1 aromatic carbocycles. The maximum absolute atomic E-state index is 12.2. The van der Waals surface area contributed by atoms with Gasteiger partial charge in [0.2, 0.25) is 5.91 Å². The molecule has 0 saturated carbocycles. The van der Waals surface area contributed by atoms with Crippen LogP contribution in [0.25, 0.3) is 0 Å². The van der Waals surface area contributed by atoms with Gasteiger partial charge in [0.15, 0.2) is 0 Å². The average molecular weight is 340 g/mol. The molecule has 1 atom stereocenters. The molecule has 0 radical (unpaired) electrons. The maximum atomic E-state index is 12.2. The molecular weight excluding hydrogens is 312 g/mol. The Hall–Kier alpha value is -2.36. The zero-order valence-corrected chi connectivity index (χ0v) is 15.6. The Bertz CT molecular complexity index is 763. The molecule has 1 heterocycles. The summed E-state index contributed by atoms with van der Waals surface area (Å²) in [5.74, 6) is -0.0217. The van der Waals surface area contributed by atoms with E-state index in [4.69, 9.17) is 0 Å². The van der Waals surface area contributed by atoms with Gasteiger partial charge in [0.25, 0.3) is 5.56 Å². The molecule has 134 valence electrons. The summed E-state index contributed by atoms with van der Waals surface area (Å²) < 4.78 is 1.64. The van der Waals surface area contributed by atoms with Gasteiger partial charge in [0.1, 0.15) is 0 Å². The standard InChI is InChI=1S/C21H28N2O2/c1-16(15-21(3,4)18-10-6-5-7-11-18)22-19(24)13-14-23-17(2)9-8-12-20(23)25/h5-12,16H,13-15H2,1-4H3,(H,22,24)/t16-/m0/s1. The van der Waals surface area contributed by atoms with Gasteiger partial charge in [-0.2, -0.15) is 0 Å². The number of aromatic nitrogens is 1. The third kappa shape index (κ3) is 5.31. The van der Waals surface area contributed by atoms with E-state index in [1.54, 1.807) is 10.6 Å². The van der Waals surface area contributed by atoms with Crippen LogP contribution < -0.4 is 10.9 Å². The van der Waals surface area contributed by atoms with E-state index in [1.165, 1.54) is 11.6 Å². The van der Waals surface area contributed by atoms with Gasteiger partial charge >= 0.3 is 0 Å². The number of hydrogen-bond acceptors (Lipinski definition) is 2. The average Bonchev–Trinajstić information content (AvgIpc) is 2.54. The molecule has 2 aromatic rings. The van der Waals surface area contributed by atoms with Crippen LogP contribution in [0.5, 0.6) is 0 Å². The minimum absolute atomic E-state index is 0.0130. The van der Waals surface area contributed by atoms with Crippen LogP contribution in [0.2, 0.25) is 0 Å². The molecule has 0 aliphatic rings. The molecule has 0 unspecified atom stereocenters. The summed E-state index contributed by atoms with van der Waals surface area (Å²) in [6.45, 7) is 8.70. The van der Waals surface area contributed by atoms with Crippen LogP contribution in [0.4, 0.5) is 0 Å². The fourth-order valence-electron chi connectivity index (χ4n) is 3.29. The Morgan fingerprint density at radius 1 is 1.12 bits per heavy atom. The molecule has 1 N–H and O–H groups in total. The van der Waals surface area contributed by atoms with Crippen molar-refractivity contribution in [3.63, 3.8) is 0 Å². The molecule has 0 bridgehead atoms. The molecule has 4 nitrogen and oxygen atoms in total. The van der Waals surface area contributed by atoms with Crippen molar-refractivity contribution in [2.75, 3.05) is 0 Å². The number of carbonyl (C=O) groups excluding carboxylic acids is 1. The number of rotatable bonds is 7. The van der Waals surface area contributed by atoms with Crippen molar-refractivity contribution in [1.82, 2.24) is 9.88 Å². The van der Waals surface area contributed by atoms with Gasteiger partial charge in [-0.25, -0.2) is 0 Å². The van der Waals surface area contributed by atoms with Gasteiger partial charge in [-0.05, 0) is 37.3 Å². The Labute approximate surface area is 149 Å². The zero-order chi connectivity index (χ0) is 18.4. The fourth-order valence-corrected chi connectivity index (χ4v) is 3.29. The van der Waals surface area contributed by atoms with E-state index in [-0.39, 0.29) is 22.9 Å². The van der Waals surface area contributed by atoms with Crippen LogP contribution in [0, 0.1) is 6.92 Å². The predicted octanol–water partition coefficient (Wildman–Crippen LogP) is 3.42. The number of nitrogens with one attached hydrogen (secondary N) is 1. The molecular formula is C21H28N2O2. The summed E-state index contributed by atoms with van der Waals surface area (Å²) in [5.41, 5.74) is 2.06. The Balaban J connectivity index is 1.89. The lowest BCUT2D eigenvalue weighted by molar-refractivity contribution is -0.122. The van der Waals surface area contributed by atoms with Gasteiger partial charge in [-0.3, -0.25) is 9.59 Å². The lowest BCUT2D eigenvalue weighted by Crippen LogP contribution is -2.38. The molecule has 0 spiro atoms. The number of carbonyl (C=O) groups is 1. The van der Waals surface area contributed by atoms with Crippen LogP contribution in [0.3, 0.4) is 0 Å². The minimum Gasteiger partial charge on any atom is -0.354 e. The Morgan fingerprint density at radius 2 is 1.80 bits per heavy atom. The molecule has 0 saturated heterocycles. The number of nitrogens with zero attached hydrogens (tertiary/aromatic N) is 1. The first-order chi connectivity index (χ1) is 11.8. The fraction of sp³-hybridized carbons (Fsp3) is 0.429. The van der Waals surface area contributed by atoms with E-state index in [9.17, 15) is 9.59 Å². The molecule has 2 rings (SSSR count). The minimum atomic E-state index is -0.0638. The number of benzene rings is 1. The number of aryl methyl sites for hydroxylation is 1. The SMILES string of the molecule is Cc1cccc(=O)n1CCC(=O)N[C@@H](C)CC(C)(C)c1ccccc1. The molecule has 0 aliphatic carbocycles. The Kier molecular flexibility index (Phi) is 6.18. The first kappa shape index (κ1) is 19.0. The van der Waals surface area contributed by atoms with Crippen molar-refractivity contribution in [3.8, 4) is 0 Å². The van der Waals surface area contributed by atoms with Gasteiger partial charge in [-0.1, -0.05) is 50.2 Å². The van der Waals surface area contributed by atoms with Crippen molar-refractivity contribution >= 4 is 5.91 Å².